The van der Waals surface area contributed by atoms with Crippen LogP contribution in [0.5, 0.6) is 5.75 Å². The second kappa shape index (κ2) is 9.52. The topological polar surface area (TPSA) is 102 Å². The van der Waals surface area contributed by atoms with Crippen LogP contribution in [0.15, 0.2) is 17.2 Å². The molecule has 0 aromatic heterocycles. The predicted octanol–water partition coefficient (Wildman–Crippen LogP) is 5.94. The van der Waals surface area contributed by atoms with E-state index in [-0.39, 0.29) is 24.0 Å². The Morgan fingerprint density at radius 1 is 1.34 bits per heavy atom. The monoisotopic (exact) mass is 484 g/mol. The molecule has 1 unspecified atom stereocenters. The number of halogens is 1. The van der Waals surface area contributed by atoms with E-state index in [4.69, 9.17) is 14.7 Å². The lowest BCUT2D eigenvalue weighted by atomic mass is 9.96. The van der Waals surface area contributed by atoms with Crippen molar-refractivity contribution in [3.8, 4) is 5.75 Å². The van der Waals surface area contributed by atoms with Crippen molar-refractivity contribution in [2.75, 3.05) is 13.2 Å². The number of ether oxygens (including phenoxy) is 1. The minimum atomic E-state index is -2.09. The van der Waals surface area contributed by atoms with Crippen LogP contribution in [0.2, 0.25) is 18.1 Å². The quantitative estimate of drug-likeness (QED) is 0.162. The number of hydrogen-bond donors (Lipinski definition) is 1. The molecule has 1 heterocycles. The summed E-state index contributed by atoms with van der Waals surface area (Å²) in [6, 6.07) is 2.46. The second-order valence-electron chi connectivity index (χ2n) is 11.1. The fraction of sp³-hybridized carbons (Fsp3) is 0.727. The van der Waals surface area contributed by atoms with Crippen LogP contribution in [0.3, 0.4) is 0 Å². The Kier molecular flexibility index (Phi) is 8.02. The van der Waals surface area contributed by atoms with Crippen molar-refractivity contribution in [2.24, 2.45) is 5.11 Å². The predicted molar refractivity (Wildman–Crippen MR) is 130 cm³/mol. The third-order valence-corrected chi connectivity index (χ3v) is 12.4. The fourth-order valence-electron chi connectivity index (χ4n) is 3.15. The second-order valence-corrected chi connectivity index (χ2v) is 17.9. The first-order chi connectivity index (χ1) is 14.5. The molecule has 180 valence electrons. The van der Waals surface area contributed by atoms with Gasteiger partial charge in [0.2, 0.25) is 0 Å². The SMILES string of the molecule is C[C@@H](N[S+]([O-])C(C)(C)C)c1cc(F)cc2c1O[C@](CN=[N+]=[N-])(CO[Si](C)(C)C(C)(C)C)C2. The van der Waals surface area contributed by atoms with E-state index in [0.717, 1.165) is 0 Å². The van der Waals surface area contributed by atoms with Crippen LogP contribution in [0.25, 0.3) is 10.4 Å². The Morgan fingerprint density at radius 2 is 1.97 bits per heavy atom. The van der Waals surface area contributed by atoms with Gasteiger partial charge < -0.3 is 13.7 Å². The summed E-state index contributed by atoms with van der Waals surface area (Å²) in [4.78, 5) is 2.92. The normalized spacial score (nSPS) is 20.8. The average molecular weight is 485 g/mol. The molecule has 0 aliphatic carbocycles. The number of nitrogens with zero attached hydrogens (tertiary/aromatic N) is 3. The highest BCUT2D eigenvalue weighted by atomic mass is 32.2. The zero-order valence-electron chi connectivity index (χ0n) is 20.7. The first kappa shape index (κ1) is 27.0. The molecule has 0 spiro atoms. The van der Waals surface area contributed by atoms with Crippen molar-refractivity contribution in [3.05, 3.63) is 39.5 Å². The lowest BCUT2D eigenvalue weighted by molar-refractivity contribution is 0.0400. The van der Waals surface area contributed by atoms with Crippen molar-refractivity contribution in [1.82, 2.24) is 4.72 Å². The molecular weight excluding hydrogens is 447 g/mol. The summed E-state index contributed by atoms with van der Waals surface area (Å²) in [5, 5.41) is 3.79. The average Bonchev–Trinajstić information content (AvgIpc) is 3.01. The van der Waals surface area contributed by atoms with Crippen LogP contribution in [-0.4, -0.2) is 36.4 Å². The minimum absolute atomic E-state index is 0.00483. The van der Waals surface area contributed by atoms with Gasteiger partial charge in [0.05, 0.1) is 19.2 Å². The van der Waals surface area contributed by atoms with Gasteiger partial charge >= 0.3 is 0 Å². The van der Waals surface area contributed by atoms with Crippen molar-refractivity contribution in [1.29, 1.82) is 0 Å². The van der Waals surface area contributed by atoms with E-state index in [1.54, 1.807) is 0 Å². The van der Waals surface area contributed by atoms with Crippen LogP contribution in [0.1, 0.15) is 65.6 Å². The Morgan fingerprint density at radius 3 is 2.50 bits per heavy atom. The molecule has 1 aromatic carbocycles. The summed E-state index contributed by atoms with van der Waals surface area (Å²) in [5.41, 5.74) is 9.32. The zero-order chi connectivity index (χ0) is 24.5. The van der Waals surface area contributed by atoms with E-state index in [1.807, 2.05) is 27.7 Å². The molecule has 2 rings (SSSR count). The molecular formula is C22H37FN4O3SSi. The zero-order valence-corrected chi connectivity index (χ0v) is 22.5. The smallest absolute Gasteiger partial charge is 0.192 e. The van der Waals surface area contributed by atoms with Gasteiger partial charge in [-0.25, -0.2) is 4.39 Å². The number of nitrogens with one attached hydrogen (secondary N) is 1. The number of hydrogen-bond acceptors (Lipinski definition) is 5. The van der Waals surface area contributed by atoms with Gasteiger partial charge in [-0.2, -0.15) is 0 Å². The third kappa shape index (κ3) is 6.18. The summed E-state index contributed by atoms with van der Waals surface area (Å²) < 4.78 is 42.5. The van der Waals surface area contributed by atoms with E-state index in [2.05, 4.69) is 48.6 Å². The molecule has 0 radical (unpaired) electrons. The van der Waals surface area contributed by atoms with E-state index in [1.165, 1.54) is 12.1 Å². The first-order valence-corrected chi connectivity index (χ1v) is 14.9. The maximum absolute atomic E-state index is 14.5. The van der Waals surface area contributed by atoms with E-state index in [0.29, 0.717) is 23.3 Å². The summed E-state index contributed by atoms with van der Waals surface area (Å²) >= 11 is -1.33. The maximum atomic E-state index is 14.5. The standard InChI is InChI=1S/C22H37FN4O3SSi/c1-15(26-31(28)20(2,3)4)18-11-17(23)10-16-12-22(13-25-27-24,30-19(16)18)14-29-32(8,9)21(5,6)7/h10-11,15,26H,12-14H2,1-9H3/t15-,22-,31?/m1/s1. The first-order valence-electron chi connectivity index (χ1n) is 10.9. The minimum Gasteiger partial charge on any atom is -0.598 e. The summed E-state index contributed by atoms with van der Waals surface area (Å²) in [5.74, 6) is 0.159. The van der Waals surface area contributed by atoms with Gasteiger partial charge in [-0.3, -0.25) is 0 Å². The van der Waals surface area contributed by atoms with Crippen LogP contribution in [-0.2, 0) is 22.2 Å². The fourth-order valence-corrected chi connectivity index (χ4v) is 5.01. The van der Waals surface area contributed by atoms with Crippen LogP contribution in [0.4, 0.5) is 4.39 Å². The number of rotatable bonds is 8. The molecule has 1 aromatic rings. The van der Waals surface area contributed by atoms with Gasteiger partial charge in [0, 0.05) is 33.8 Å². The number of azide groups is 1. The van der Waals surface area contributed by atoms with Gasteiger partial charge in [0.1, 0.15) is 21.9 Å². The molecule has 1 N–H and O–H groups in total. The van der Waals surface area contributed by atoms with Gasteiger partial charge in [-0.1, -0.05) is 25.9 Å². The molecule has 0 saturated carbocycles. The van der Waals surface area contributed by atoms with E-state index in [9.17, 15) is 8.94 Å². The number of fused-ring (bicyclic) bond motifs is 1. The molecule has 32 heavy (non-hydrogen) atoms. The lowest BCUT2D eigenvalue weighted by Crippen LogP contribution is -2.49. The van der Waals surface area contributed by atoms with Crippen molar-refractivity contribution >= 4 is 19.7 Å². The molecule has 0 saturated heterocycles. The Labute approximate surface area is 195 Å². The van der Waals surface area contributed by atoms with Crippen molar-refractivity contribution < 1.29 is 18.1 Å². The lowest BCUT2D eigenvalue weighted by Gasteiger charge is -2.39. The summed E-state index contributed by atoms with van der Waals surface area (Å²) in [6.07, 6.45) is 0.371. The van der Waals surface area contributed by atoms with Gasteiger partial charge in [-0.05, 0) is 63.5 Å². The molecule has 7 nitrogen and oxygen atoms in total. The van der Waals surface area contributed by atoms with Gasteiger partial charge in [0.25, 0.3) is 0 Å². The van der Waals surface area contributed by atoms with E-state index >= 15 is 0 Å². The highest BCUT2D eigenvalue weighted by molar-refractivity contribution is 7.90. The summed E-state index contributed by atoms with van der Waals surface area (Å²) in [7, 11) is -2.09. The maximum Gasteiger partial charge on any atom is 0.192 e. The third-order valence-electron chi connectivity index (χ3n) is 6.22. The van der Waals surface area contributed by atoms with E-state index < -0.39 is 36.1 Å². The van der Waals surface area contributed by atoms with Crippen LogP contribution in [0, 0.1) is 5.82 Å². The van der Waals surface area contributed by atoms with Gasteiger partial charge in [0.15, 0.2) is 8.32 Å². The van der Waals surface area contributed by atoms with Crippen LogP contribution < -0.4 is 9.46 Å². The Hall–Kier alpha value is -1.29. The molecule has 1 aliphatic rings. The van der Waals surface area contributed by atoms with Gasteiger partial charge in [-0.15, -0.1) is 4.72 Å². The molecule has 0 bridgehead atoms. The molecule has 0 amide bonds. The largest absolute Gasteiger partial charge is 0.598 e. The van der Waals surface area contributed by atoms with Crippen molar-refractivity contribution in [2.45, 2.75) is 89.4 Å². The molecule has 1 aliphatic heterocycles. The molecule has 3 atom stereocenters. The highest BCUT2D eigenvalue weighted by Crippen LogP contribution is 2.43. The molecule has 10 heteroatoms. The Balaban J connectivity index is 2.37. The Bertz CT molecular complexity index is 881. The van der Waals surface area contributed by atoms with Crippen LogP contribution >= 0.6 is 0 Å². The molecule has 0 fully saturated rings. The highest BCUT2D eigenvalue weighted by Gasteiger charge is 2.45. The summed E-state index contributed by atoms with van der Waals surface area (Å²) in [6.45, 7) is 18.5. The van der Waals surface area contributed by atoms with Crippen molar-refractivity contribution in [3.63, 3.8) is 0 Å². The number of benzene rings is 1.